The van der Waals surface area contributed by atoms with Gasteiger partial charge in [0.25, 0.3) is 0 Å². The Hall–Kier alpha value is -1.42. The molecule has 0 aliphatic carbocycles. The number of aryl methyl sites for hydroxylation is 1. The van der Waals surface area contributed by atoms with Crippen molar-refractivity contribution in [2.24, 2.45) is 5.73 Å². The highest BCUT2D eigenvalue weighted by molar-refractivity contribution is 5.77. The third-order valence-corrected chi connectivity index (χ3v) is 2.64. The van der Waals surface area contributed by atoms with Crippen molar-refractivity contribution >= 4 is 5.91 Å². The van der Waals surface area contributed by atoms with Crippen LogP contribution >= 0.6 is 0 Å². The van der Waals surface area contributed by atoms with Gasteiger partial charge in [-0.15, -0.1) is 0 Å². The Morgan fingerprint density at radius 1 is 1.44 bits per heavy atom. The van der Waals surface area contributed by atoms with Gasteiger partial charge in [-0.05, 0) is 50.5 Å². The van der Waals surface area contributed by atoms with Gasteiger partial charge in [0.15, 0.2) is 0 Å². The van der Waals surface area contributed by atoms with Crippen LogP contribution in [0.5, 0.6) is 0 Å². The number of rotatable bonds is 5. The van der Waals surface area contributed by atoms with Crippen LogP contribution in [-0.2, 0) is 11.2 Å². The first kappa shape index (κ1) is 14.6. The molecule has 0 radical (unpaired) electrons. The van der Waals surface area contributed by atoms with E-state index in [4.69, 9.17) is 5.73 Å². The summed E-state index contributed by atoms with van der Waals surface area (Å²) in [5.74, 6) is -0.285. The van der Waals surface area contributed by atoms with Crippen LogP contribution < -0.4 is 11.1 Å². The van der Waals surface area contributed by atoms with E-state index in [2.05, 4.69) is 5.32 Å². The molecule has 1 aromatic carbocycles. The molecule has 0 heterocycles. The highest BCUT2D eigenvalue weighted by atomic mass is 19.1. The molecule has 0 saturated heterocycles. The van der Waals surface area contributed by atoms with Crippen molar-refractivity contribution in [2.45, 2.75) is 39.2 Å². The second-order valence-electron chi connectivity index (χ2n) is 5.34. The monoisotopic (exact) mass is 252 g/mol. The predicted octanol–water partition coefficient (Wildman–Crippen LogP) is 1.92. The fourth-order valence-corrected chi connectivity index (χ4v) is 1.75. The average molecular weight is 252 g/mol. The Morgan fingerprint density at radius 3 is 2.67 bits per heavy atom. The van der Waals surface area contributed by atoms with Gasteiger partial charge in [0.1, 0.15) is 5.82 Å². The minimum atomic E-state index is -0.490. The topological polar surface area (TPSA) is 55.1 Å². The molecular weight excluding hydrogens is 231 g/mol. The largest absolute Gasteiger partial charge is 0.356 e. The summed E-state index contributed by atoms with van der Waals surface area (Å²) < 4.78 is 12.9. The molecule has 0 saturated carbocycles. The normalized spacial score (nSPS) is 11.4. The highest BCUT2D eigenvalue weighted by Crippen LogP contribution is 2.10. The molecule has 18 heavy (non-hydrogen) atoms. The van der Waals surface area contributed by atoms with E-state index in [9.17, 15) is 9.18 Å². The number of nitrogens with two attached hydrogens (primary N) is 1. The van der Waals surface area contributed by atoms with Gasteiger partial charge < -0.3 is 11.1 Å². The third kappa shape index (κ3) is 5.27. The number of carbonyl (C=O) groups is 1. The summed E-state index contributed by atoms with van der Waals surface area (Å²) in [6, 6.07) is 4.69. The van der Waals surface area contributed by atoms with Gasteiger partial charge >= 0.3 is 0 Å². The summed E-state index contributed by atoms with van der Waals surface area (Å²) in [6.45, 7) is 6.04. The number of carbonyl (C=O) groups excluding carboxylic acids is 1. The van der Waals surface area contributed by atoms with Crippen molar-refractivity contribution in [3.63, 3.8) is 0 Å². The first-order chi connectivity index (χ1) is 8.28. The van der Waals surface area contributed by atoms with Gasteiger partial charge in [0.05, 0.1) is 0 Å². The fourth-order valence-electron chi connectivity index (χ4n) is 1.75. The van der Waals surface area contributed by atoms with Gasteiger partial charge in [0, 0.05) is 18.5 Å². The smallest absolute Gasteiger partial charge is 0.221 e. The molecule has 0 atom stereocenters. The van der Waals surface area contributed by atoms with Crippen LogP contribution in [0.25, 0.3) is 0 Å². The molecular formula is C14H21FN2O. The second-order valence-corrected chi connectivity index (χ2v) is 5.34. The molecule has 0 fully saturated rings. The Balaban J connectivity index is 2.40. The van der Waals surface area contributed by atoms with Crippen LogP contribution in [0.2, 0.25) is 0 Å². The van der Waals surface area contributed by atoms with Crippen molar-refractivity contribution in [1.82, 2.24) is 5.32 Å². The van der Waals surface area contributed by atoms with E-state index in [1.165, 1.54) is 12.1 Å². The maximum Gasteiger partial charge on any atom is 0.221 e. The van der Waals surface area contributed by atoms with Crippen molar-refractivity contribution in [3.8, 4) is 0 Å². The van der Waals surface area contributed by atoms with Crippen LogP contribution in [0.3, 0.4) is 0 Å². The van der Waals surface area contributed by atoms with E-state index in [0.29, 0.717) is 19.4 Å². The van der Waals surface area contributed by atoms with Crippen LogP contribution in [0.4, 0.5) is 4.39 Å². The van der Waals surface area contributed by atoms with Crippen LogP contribution in [0.1, 0.15) is 31.4 Å². The molecule has 0 aliphatic rings. The molecule has 4 heteroatoms. The third-order valence-electron chi connectivity index (χ3n) is 2.64. The first-order valence-corrected chi connectivity index (χ1v) is 6.08. The molecule has 3 N–H and O–H groups in total. The molecule has 0 aliphatic heterocycles. The number of halogens is 1. The number of benzene rings is 1. The van der Waals surface area contributed by atoms with E-state index >= 15 is 0 Å². The molecule has 0 unspecified atom stereocenters. The zero-order valence-corrected chi connectivity index (χ0v) is 11.2. The molecule has 1 rings (SSSR count). The maximum absolute atomic E-state index is 12.9. The van der Waals surface area contributed by atoms with E-state index in [-0.39, 0.29) is 11.7 Å². The SMILES string of the molecule is Cc1cc(F)ccc1CCNC(=O)CC(C)(C)N. The summed E-state index contributed by atoms with van der Waals surface area (Å²) in [4.78, 5) is 11.5. The van der Waals surface area contributed by atoms with Crippen LogP contribution in [0, 0.1) is 12.7 Å². The van der Waals surface area contributed by atoms with E-state index < -0.39 is 5.54 Å². The fraction of sp³-hybridized carbons (Fsp3) is 0.500. The molecule has 100 valence electrons. The Bertz CT molecular complexity index is 424. The molecule has 1 aromatic rings. The second kappa shape index (κ2) is 5.96. The van der Waals surface area contributed by atoms with Gasteiger partial charge in [-0.3, -0.25) is 4.79 Å². The summed E-state index contributed by atoms with van der Waals surface area (Å²) in [7, 11) is 0. The molecule has 3 nitrogen and oxygen atoms in total. The number of nitrogens with one attached hydrogen (secondary N) is 1. The lowest BCUT2D eigenvalue weighted by atomic mass is 10.0. The molecule has 0 aromatic heterocycles. The Labute approximate surface area is 108 Å². The summed E-state index contributed by atoms with van der Waals surface area (Å²) >= 11 is 0. The van der Waals surface area contributed by atoms with Gasteiger partial charge in [-0.25, -0.2) is 4.39 Å². The zero-order chi connectivity index (χ0) is 13.8. The highest BCUT2D eigenvalue weighted by Gasteiger charge is 2.15. The van der Waals surface area contributed by atoms with Crippen LogP contribution in [-0.4, -0.2) is 18.0 Å². The van der Waals surface area contributed by atoms with Crippen LogP contribution in [0.15, 0.2) is 18.2 Å². The lowest BCUT2D eigenvalue weighted by molar-refractivity contribution is -0.121. The van der Waals surface area contributed by atoms with E-state index in [0.717, 1.165) is 11.1 Å². The van der Waals surface area contributed by atoms with Gasteiger partial charge in [-0.1, -0.05) is 6.07 Å². The van der Waals surface area contributed by atoms with Gasteiger partial charge in [0.2, 0.25) is 5.91 Å². The number of hydrogen-bond donors (Lipinski definition) is 2. The summed E-state index contributed by atoms with van der Waals surface area (Å²) in [5, 5.41) is 2.82. The Morgan fingerprint density at radius 2 is 2.11 bits per heavy atom. The van der Waals surface area contributed by atoms with Gasteiger partial charge in [-0.2, -0.15) is 0 Å². The minimum Gasteiger partial charge on any atom is -0.356 e. The van der Waals surface area contributed by atoms with Crippen molar-refractivity contribution in [2.75, 3.05) is 6.54 Å². The van der Waals surface area contributed by atoms with Crippen molar-refractivity contribution in [1.29, 1.82) is 0 Å². The lowest BCUT2D eigenvalue weighted by Crippen LogP contribution is -2.39. The first-order valence-electron chi connectivity index (χ1n) is 6.08. The lowest BCUT2D eigenvalue weighted by Gasteiger charge is -2.17. The standard InChI is InChI=1S/C14H21FN2O/c1-10-8-12(15)5-4-11(10)6-7-17-13(18)9-14(2,3)16/h4-5,8H,6-7,9,16H2,1-3H3,(H,17,18). The summed E-state index contributed by atoms with van der Waals surface area (Å²) in [6.07, 6.45) is 0.998. The molecule has 1 amide bonds. The van der Waals surface area contributed by atoms with E-state index in [1.54, 1.807) is 6.07 Å². The molecule has 0 bridgehead atoms. The average Bonchev–Trinajstić information content (AvgIpc) is 2.18. The predicted molar refractivity (Wildman–Crippen MR) is 70.7 cm³/mol. The van der Waals surface area contributed by atoms with Crippen molar-refractivity contribution in [3.05, 3.63) is 35.1 Å². The zero-order valence-electron chi connectivity index (χ0n) is 11.2. The maximum atomic E-state index is 12.9. The van der Waals surface area contributed by atoms with Crippen molar-refractivity contribution < 1.29 is 9.18 Å². The number of hydrogen-bond acceptors (Lipinski definition) is 2. The van der Waals surface area contributed by atoms with E-state index in [1.807, 2.05) is 20.8 Å². The molecule has 0 spiro atoms. The number of amides is 1. The quantitative estimate of drug-likeness (QED) is 0.841. The summed E-state index contributed by atoms with van der Waals surface area (Å²) in [5.41, 5.74) is 7.22. The Kier molecular flexibility index (Phi) is 4.84. The minimum absolute atomic E-state index is 0.0535.